The molecule has 2 heterocycles. The van der Waals surface area contributed by atoms with Gasteiger partial charge in [-0.05, 0) is 13.8 Å². The first-order chi connectivity index (χ1) is 8.99. The van der Waals surface area contributed by atoms with Gasteiger partial charge in [-0.15, -0.1) is 0 Å². The van der Waals surface area contributed by atoms with Crippen molar-refractivity contribution in [1.82, 2.24) is 19.7 Å². The van der Waals surface area contributed by atoms with E-state index in [0.29, 0.717) is 17.9 Å². The Kier molecular flexibility index (Phi) is 3.46. The molecule has 0 aromatic carbocycles. The minimum Gasteiger partial charge on any atom is -0.310 e. The molecule has 7 nitrogen and oxygen atoms in total. The summed E-state index contributed by atoms with van der Waals surface area (Å²) in [6, 6.07) is 3.11. The van der Waals surface area contributed by atoms with Crippen LogP contribution in [0.15, 0.2) is 16.9 Å². The van der Waals surface area contributed by atoms with Crippen LogP contribution in [0.3, 0.4) is 0 Å². The lowest BCUT2D eigenvalue weighted by molar-refractivity contribution is -0.115. The first-order valence-electron chi connectivity index (χ1n) is 5.94. The second-order valence-electron chi connectivity index (χ2n) is 4.19. The van der Waals surface area contributed by atoms with Crippen LogP contribution in [0.25, 0.3) is 5.95 Å². The van der Waals surface area contributed by atoms with Gasteiger partial charge in [0.1, 0.15) is 5.82 Å². The highest BCUT2D eigenvalue weighted by atomic mass is 16.1. The van der Waals surface area contributed by atoms with E-state index < -0.39 is 0 Å². The van der Waals surface area contributed by atoms with E-state index in [1.54, 1.807) is 26.8 Å². The Morgan fingerprint density at radius 1 is 1.37 bits per heavy atom. The van der Waals surface area contributed by atoms with Crippen molar-refractivity contribution < 1.29 is 4.79 Å². The van der Waals surface area contributed by atoms with E-state index in [1.165, 1.54) is 10.7 Å². The first kappa shape index (κ1) is 13.0. The molecule has 0 saturated carbocycles. The number of anilines is 1. The van der Waals surface area contributed by atoms with E-state index in [2.05, 4.69) is 20.4 Å². The Balaban J connectivity index is 2.49. The third-order valence-corrected chi connectivity index (χ3v) is 2.48. The van der Waals surface area contributed by atoms with Crippen molar-refractivity contribution in [2.24, 2.45) is 0 Å². The van der Waals surface area contributed by atoms with Crippen molar-refractivity contribution in [3.8, 4) is 5.95 Å². The summed E-state index contributed by atoms with van der Waals surface area (Å²) in [6.07, 6.45) is 0.363. The minimum absolute atomic E-state index is 0.129. The smallest absolute Gasteiger partial charge is 0.252 e. The van der Waals surface area contributed by atoms with Crippen molar-refractivity contribution in [2.75, 3.05) is 5.32 Å². The summed E-state index contributed by atoms with van der Waals surface area (Å²) in [5, 5.41) is 6.94. The van der Waals surface area contributed by atoms with E-state index in [4.69, 9.17) is 0 Å². The average molecular weight is 261 g/mol. The van der Waals surface area contributed by atoms with Crippen LogP contribution in [0.2, 0.25) is 0 Å². The van der Waals surface area contributed by atoms with Crippen LogP contribution in [0.4, 0.5) is 5.82 Å². The van der Waals surface area contributed by atoms with Crippen LogP contribution in [0.5, 0.6) is 0 Å². The molecule has 0 aliphatic heterocycles. The summed E-state index contributed by atoms with van der Waals surface area (Å²) in [5.41, 5.74) is 1.04. The molecule has 2 N–H and O–H groups in total. The largest absolute Gasteiger partial charge is 0.310 e. The molecule has 0 aliphatic carbocycles. The van der Waals surface area contributed by atoms with E-state index in [9.17, 15) is 9.59 Å². The van der Waals surface area contributed by atoms with Gasteiger partial charge < -0.3 is 5.32 Å². The average Bonchev–Trinajstić information content (AvgIpc) is 2.68. The third kappa shape index (κ3) is 2.87. The topological polar surface area (TPSA) is 92.7 Å². The van der Waals surface area contributed by atoms with Gasteiger partial charge in [-0.3, -0.25) is 14.6 Å². The number of amides is 1. The molecule has 2 aromatic rings. The van der Waals surface area contributed by atoms with Crippen molar-refractivity contribution >= 4 is 11.7 Å². The van der Waals surface area contributed by atoms with Crippen LogP contribution in [0.1, 0.15) is 24.7 Å². The number of hydrogen-bond donors (Lipinski definition) is 2. The quantitative estimate of drug-likeness (QED) is 0.859. The fourth-order valence-corrected chi connectivity index (χ4v) is 1.64. The Bertz CT molecular complexity index is 671. The summed E-state index contributed by atoms with van der Waals surface area (Å²) < 4.78 is 1.41. The Morgan fingerprint density at radius 2 is 2.11 bits per heavy atom. The molecule has 0 radical (unpaired) electrons. The lowest BCUT2D eigenvalue weighted by atomic mass is 10.4. The van der Waals surface area contributed by atoms with Gasteiger partial charge in [0.25, 0.3) is 5.56 Å². The maximum absolute atomic E-state index is 11.5. The lowest BCUT2D eigenvalue weighted by Gasteiger charge is -2.07. The van der Waals surface area contributed by atoms with Gasteiger partial charge in [-0.2, -0.15) is 9.78 Å². The van der Waals surface area contributed by atoms with Crippen LogP contribution >= 0.6 is 0 Å². The second kappa shape index (κ2) is 5.05. The maximum atomic E-state index is 11.5. The summed E-state index contributed by atoms with van der Waals surface area (Å²) in [6.45, 7) is 5.28. The number of aromatic amines is 1. The zero-order valence-electron chi connectivity index (χ0n) is 11.0. The molecule has 0 aliphatic rings. The van der Waals surface area contributed by atoms with Crippen molar-refractivity contribution in [1.29, 1.82) is 0 Å². The monoisotopic (exact) mass is 261 g/mol. The van der Waals surface area contributed by atoms with Crippen molar-refractivity contribution in [3.63, 3.8) is 0 Å². The Hall–Kier alpha value is -2.44. The molecule has 0 fully saturated rings. The molecule has 0 atom stereocenters. The van der Waals surface area contributed by atoms with Gasteiger partial charge in [0.15, 0.2) is 0 Å². The van der Waals surface area contributed by atoms with Crippen LogP contribution < -0.4 is 10.9 Å². The normalized spacial score (nSPS) is 10.5. The van der Waals surface area contributed by atoms with Crippen molar-refractivity contribution in [2.45, 2.75) is 27.2 Å². The summed E-state index contributed by atoms with van der Waals surface area (Å²) in [5.74, 6) is 0.638. The van der Waals surface area contributed by atoms with Gasteiger partial charge in [0.05, 0.1) is 5.69 Å². The predicted octanol–water partition coefficient (Wildman–Crippen LogP) is 0.921. The van der Waals surface area contributed by atoms with E-state index in [1.807, 2.05) is 0 Å². The molecule has 0 saturated heterocycles. The van der Waals surface area contributed by atoms with Crippen LogP contribution in [-0.2, 0) is 4.79 Å². The number of carbonyl (C=O) groups is 1. The molecule has 0 unspecified atom stereocenters. The third-order valence-electron chi connectivity index (χ3n) is 2.48. The molecule has 1 amide bonds. The highest BCUT2D eigenvalue weighted by Gasteiger charge is 2.12. The minimum atomic E-state index is -0.261. The Labute approximate surface area is 109 Å². The second-order valence-corrected chi connectivity index (χ2v) is 4.19. The zero-order chi connectivity index (χ0) is 14.0. The molecule has 100 valence electrons. The zero-order valence-corrected chi connectivity index (χ0v) is 11.0. The van der Waals surface area contributed by atoms with E-state index in [-0.39, 0.29) is 17.4 Å². The molecule has 2 rings (SSSR count). The summed E-state index contributed by atoms with van der Waals surface area (Å²) >= 11 is 0. The number of aryl methyl sites for hydroxylation is 2. The molecule has 7 heteroatoms. The number of hydrogen-bond acceptors (Lipinski definition) is 4. The SMILES string of the molecule is CCC(=O)Nc1cc(C)nn1-c1nc(C)cc(=O)[nH]1. The fraction of sp³-hybridized carbons (Fsp3) is 0.333. The number of carbonyl (C=O) groups excluding carboxylic acids is 1. The van der Waals surface area contributed by atoms with Crippen molar-refractivity contribution in [3.05, 3.63) is 33.9 Å². The molecule has 0 spiro atoms. The number of aromatic nitrogens is 4. The molecule has 0 bridgehead atoms. The summed E-state index contributed by atoms with van der Waals surface area (Å²) in [7, 11) is 0. The lowest BCUT2D eigenvalue weighted by Crippen LogP contribution is -2.18. The number of nitrogens with zero attached hydrogens (tertiary/aromatic N) is 3. The highest BCUT2D eigenvalue weighted by molar-refractivity contribution is 5.89. The standard InChI is InChI=1S/C12H15N5O2/c1-4-10(18)14-9-5-8(3)16-17(9)12-13-7(2)6-11(19)15-12/h5-6H,4H2,1-3H3,(H,14,18)(H,13,15,19). The van der Waals surface area contributed by atoms with Gasteiger partial charge in [0, 0.05) is 24.2 Å². The van der Waals surface area contributed by atoms with Gasteiger partial charge in [-0.25, -0.2) is 4.98 Å². The van der Waals surface area contributed by atoms with E-state index >= 15 is 0 Å². The molecule has 2 aromatic heterocycles. The highest BCUT2D eigenvalue weighted by Crippen LogP contribution is 2.13. The summed E-state index contributed by atoms with van der Waals surface area (Å²) in [4.78, 5) is 29.7. The molecular formula is C12H15N5O2. The van der Waals surface area contributed by atoms with E-state index in [0.717, 1.165) is 5.69 Å². The Morgan fingerprint density at radius 3 is 2.74 bits per heavy atom. The van der Waals surface area contributed by atoms with Crippen LogP contribution in [-0.4, -0.2) is 25.7 Å². The van der Waals surface area contributed by atoms with Gasteiger partial charge >= 0.3 is 0 Å². The predicted molar refractivity (Wildman–Crippen MR) is 70.4 cm³/mol. The fourth-order valence-electron chi connectivity index (χ4n) is 1.64. The molecule has 19 heavy (non-hydrogen) atoms. The number of H-pyrrole nitrogens is 1. The number of nitrogens with one attached hydrogen (secondary N) is 2. The van der Waals surface area contributed by atoms with Gasteiger partial charge in [0.2, 0.25) is 11.9 Å². The van der Waals surface area contributed by atoms with Crippen LogP contribution in [0, 0.1) is 13.8 Å². The van der Waals surface area contributed by atoms with Gasteiger partial charge in [-0.1, -0.05) is 6.92 Å². The maximum Gasteiger partial charge on any atom is 0.252 e. The molecular weight excluding hydrogens is 246 g/mol. The number of rotatable bonds is 3. The first-order valence-corrected chi connectivity index (χ1v) is 5.94.